The van der Waals surface area contributed by atoms with Crippen molar-refractivity contribution in [2.75, 3.05) is 0 Å². The van der Waals surface area contributed by atoms with Crippen LogP contribution in [0.1, 0.15) is 58.0 Å². The third-order valence-corrected chi connectivity index (χ3v) is 6.13. The van der Waals surface area contributed by atoms with Crippen molar-refractivity contribution in [3.63, 3.8) is 0 Å². The summed E-state index contributed by atoms with van der Waals surface area (Å²) in [7, 11) is -4.06. The lowest BCUT2D eigenvalue weighted by atomic mass is 9.86. The van der Waals surface area contributed by atoms with Crippen molar-refractivity contribution in [2.24, 2.45) is 0 Å². The number of sulfone groups is 1. The quantitative estimate of drug-likeness (QED) is 0.750. The maximum Gasteiger partial charge on any atom is 0.408 e. The lowest BCUT2D eigenvalue weighted by molar-refractivity contribution is 0.0519. The van der Waals surface area contributed by atoms with Gasteiger partial charge in [-0.25, -0.2) is 13.2 Å². The summed E-state index contributed by atoms with van der Waals surface area (Å²) in [6.07, 6.45) is -0.887. The van der Waals surface area contributed by atoms with Crippen molar-refractivity contribution in [3.05, 3.63) is 59.7 Å². The van der Waals surface area contributed by atoms with E-state index in [4.69, 9.17) is 4.74 Å². The van der Waals surface area contributed by atoms with Gasteiger partial charge in [-0.2, -0.15) is 0 Å². The van der Waals surface area contributed by atoms with E-state index in [-0.39, 0.29) is 21.6 Å². The minimum Gasteiger partial charge on any atom is -0.508 e. The molecule has 6 nitrogen and oxygen atoms in total. The van der Waals surface area contributed by atoms with Gasteiger partial charge in [0.1, 0.15) is 11.4 Å². The molecule has 0 saturated carbocycles. The van der Waals surface area contributed by atoms with Gasteiger partial charge in [0.15, 0.2) is 5.37 Å². The first-order valence-electron chi connectivity index (χ1n) is 9.34. The second kappa shape index (κ2) is 8.06. The van der Waals surface area contributed by atoms with E-state index < -0.39 is 26.9 Å². The summed E-state index contributed by atoms with van der Waals surface area (Å²) in [6.45, 7) is 11.0. The van der Waals surface area contributed by atoms with E-state index in [0.29, 0.717) is 0 Å². The summed E-state index contributed by atoms with van der Waals surface area (Å²) < 4.78 is 32.0. The molecule has 0 aliphatic rings. The summed E-state index contributed by atoms with van der Waals surface area (Å²) in [5.74, 6) is -0.224. The average molecular weight is 420 g/mol. The van der Waals surface area contributed by atoms with Gasteiger partial charge in [-0.3, -0.25) is 0 Å². The molecule has 0 spiro atoms. The molecule has 2 aromatic carbocycles. The van der Waals surface area contributed by atoms with Crippen LogP contribution >= 0.6 is 0 Å². The Morgan fingerprint density at radius 1 is 1.00 bits per heavy atom. The van der Waals surface area contributed by atoms with Crippen molar-refractivity contribution in [1.82, 2.24) is 5.32 Å². The maximum atomic E-state index is 13.4. The third kappa shape index (κ3) is 5.73. The Balaban J connectivity index is 2.61. The maximum absolute atomic E-state index is 13.4. The van der Waals surface area contributed by atoms with Gasteiger partial charge in [0.05, 0.1) is 4.90 Å². The monoisotopic (exact) mass is 419 g/mol. The molecule has 0 bridgehead atoms. The Labute approximate surface area is 172 Å². The van der Waals surface area contributed by atoms with Crippen molar-refractivity contribution in [2.45, 2.75) is 62.8 Å². The smallest absolute Gasteiger partial charge is 0.408 e. The predicted molar refractivity (Wildman–Crippen MR) is 113 cm³/mol. The van der Waals surface area contributed by atoms with Crippen molar-refractivity contribution in [3.8, 4) is 5.75 Å². The van der Waals surface area contributed by atoms with Crippen molar-refractivity contribution < 1.29 is 23.1 Å². The molecule has 1 amide bonds. The summed E-state index contributed by atoms with van der Waals surface area (Å²) >= 11 is 0. The van der Waals surface area contributed by atoms with E-state index in [1.807, 2.05) is 20.8 Å². The fourth-order valence-corrected chi connectivity index (χ4v) is 4.30. The molecule has 29 heavy (non-hydrogen) atoms. The van der Waals surface area contributed by atoms with Gasteiger partial charge in [-0.1, -0.05) is 45.0 Å². The van der Waals surface area contributed by atoms with Gasteiger partial charge < -0.3 is 15.2 Å². The first-order chi connectivity index (χ1) is 13.2. The van der Waals surface area contributed by atoms with Gasteiger partial charge in [0, 0.05) is 5.56 Å². The first-order valence-corrected chi connectivity index (χ1v) is 10.9. The van der Waals surface area contributed by atoms with E-state index in [9.17, 15) is 18.3 Å². The number of rotatable bonds is 4. The molecule has 0 heterocycles. The van der Waals surface area contributed by atoms with E-state index >= 15 is 0 Å². The highest BCUT2D eigenvalue weighted by Gasteiger charge is 2.34. The Bertz CT molecular complexity index is 970. The highest BCUT2D eigenvalue weighted by atomic mass is 32.2. The molecule has 0 aliphatic carbocycles. The van der Waals surface area contributed by atoms with Crippen LogP contribution in [-0.2, 0) is 20.0 Å². The number of hydrogen-bond acceptors (Lipinski definition) is 5. The number of hydrogen-bond donors (Lipinski definition) is 2. The van der Waals surface area contributed by atoms with Crippen LogP contribution < -0.4 is 5.32 Å². The van der Waals surface area contributed by atoms with Crippen LogP contribution in [0.2, 0.25) is 0 Å². The first kappa shape index (κ1) is 22.7. The van der Waals surface area contributed by atoms with Crippen molar-refractivity contribution >= 4 is 15.9 Å². The number of phenolic OH excluding ortho intramolecular Hbond substituents is 1. The number of benzene rings is 2. The molecular formula is C22H29NO5S. The fourth-order valence-electron chi connectivity index (χ4n) is 2.71. The zero-order valence-corrected chi connectivity index (χ0v) is 18.5. The lowest BCUT2D eigenvalue weighted by Crippen LogP contribution is -2.38. The number of carbonyl (C=O) groups is 1. The number of carbonyl (C=O) groups excluding carboxylic acids is 1. The molecule has 0 fully saturated rings. The lowest BCUT2D eigenvalue weighted by Gasteiger charge is -2.26. The Hall–Kier alpha value is -2.54. The molecule has 0 saturated heterocycles. The van der Waals surface area contributed by atoms with E-state index in [1.165, 1.54) is 18.2 Å². The normalized spacial score (nSPS) is 13.6. The molecule has 0 aliphatic heterocycles. The average Bonchev–Trinajstić information content (AvgIpc) is 2.58. The second-order valence-electron chi connectivity index (χ2n) is 8.91. The number of ether oxygens (including phenoxy) is 1. The summed E-state index contributed by atoms with van der Waals surface area (Å²) in [5.41, 5.74) is -0.174. The van der Waals surface area contributed by atoms with Crippen LogP contribution in [-0.4, -0.2) is 25.2 Å². The molecule has 1 atom stereocenters. The molecule has 2 rings (SSSR count). The van der Waals surface area contributed by atoms with E-state index in [1.54, 1.807) is 51.1 Å². The summed E-state index contributed by atoms with van der Waals surface area (Å²) in [4.78, 5) is 12.5. The number of aromatic hydroxyl groups is 1. The Kier molecular flexibility index (Phi) is 6.33. The number of amides is 1. The SMILES string of the molecule is CC(C)(C)OC(=O)NC(c1cc(C(C)(C)C)ccc1O)S(=O)(=O)c1ccccc1. The molecule has 0 radical (unpaired) electrons. The highest BCUT2D eigenvalue weighted by molar-refractivity contribution is 7.91. The van der Waals surface area contributed by atoms with Crippen LogP contribution in [0.15, 0.2) is 53.4 Å². The van der Waals surface area contributed by atoms with Crippen LogP contribution in [0, 0.1) is 0 Å². The zero-order chi connectivity index (χ0) is 22.0. The van der Waals surface area contributed by atoms with Crippen LogP contribution in [0.25, 0.3) is 0 Å². The standard InChI is InChI=1S/C22H29NO5S/c1-21(2,3)15-12-13-18(24)17(14-15)19(23-20(25)28-22(4,5)6)29(26,27)16-10-8-7-9-11-16/h7-14,19,24H,1-6H3,(H,23,25). The molecular weight excluding hydrogens is 390 g/mol. The second-order valence-corrected chi connectivity index (χ2v) is 10.9. The minimum atomic E-state index is -4.06. The molecule has 7 heteroatoms. The zero-order valence-electron chi connectivity index (χ0n) is 17.7. The Morgan fingerprint density at radius 2 is 1.59 bits per heavy atom. The molecule has 1 unspecified atom stereocenters. The van der Waals surface area contributed by atoms with Crippen LogP contribution in [0.4, 0.5) is 4.79 Å². The number of phenols is 1. The summed E-state index contributed by atoms with van der Waals surface area (Å²) in [5, 5.41) is 11.4. The van der Waals surface area contributed by atoms with Gasteiger partial charge >= 0.3 is 6.09 Å². The third-order valence-electron chi connectivity index (χ3n) is 4.21. The molecule has 2 aromatic rings. The Morgan fingerprint density at radius 3 is 2.10 bits per heavy atom. The predicted octanol–water partition coefficient (Wildman–Crippen LogP) is 4.69. The van der Waals surface area contributed by atoms with Gasteiger partial charge in [-0.15, -0.1) is 0 Å². The topological polar surface area (TPSA) is 92.7 Å². The number of nitrogens with one attached hydrogen (secondary N) is 1. The molecule has 2 N–H and O–H groups in total. The van der Waals surface area contributed by atoms with Crippen molar-refractivity contribution in [1.29, 1.82) is 0 Å². The number of alkyl carbamates (subject to hydrolysis) is 1. The van der Waals surface area contributed by atoms with Gasteiger partial charge in [-0.05, 0) is 56.0 Å². The summed E-state index contributed by atoms with van der Waals surface area (Å²) in [6, 6.07) is 12.6. The minimum absolute atomic E-state index is 0.0293. The largest absolute Gasteiger partial charge is 0.508 e. The molecule has 0 aromatic heterocycles. The van der Waals surface area contributed by atoms with Crippen LogP contribution in [0.5, 0.6) is 5.75 Å². The fraction of sp³-hybridized carbons (Fsp3) is 0.409. The highest BCUT2D eigenvalue weighted by Crippen LogP contribution is 2.35. The molecule has 158 valence electrons. The van der Waals surface area contributed by atoms with Gasteiger partial charge in [0.2, 0.25) is 9.84 Å². The van der Waals surface area contributed by atoms with E-state index in [2.05, 4.69) is 5.32 Å². The van der Waals surface area contributed by atoms with Crippen LogP contribution in [0.3, 0.4) is 0 Å². The van der Waals surface area contributed by atoms with Gasteiger partial charge in [0.25, 0.3) is 0 Å². The van der Waals surface area contributed by atoms with E-state index in [0.717, 1.165) is 5.56 Å².